The predicted octanol–water partition coefficient (Wildman–Crippen LogP) is 4.81. The van der Waals surface area contributed by atoms with Crippen LogP contribution >= 0.6 is 0 Å². The number of fused-ring (bicyclic) bond motifs is 2. The second-order valence-corrected chi connectivity index (χ2v) is 5.66. The van der Waals surface area contributed by atoms with Gasteiger partial charge in [0.1, 0.15) is 11.5 Å². The van der Waals surface area contributed by atoms with Gasteiger partial charge in [-0.25, -0.2) is 0 Å². The number of aliphatic hydroxyl groups excluding tert-OH is 1. The van der Waals surface area contributed by atoms with E-state index in [4.69, 9.17) is 0 Å². The Morgan fingerprint density at radius 3 is 2.41 bits per heavy atom. The van der Waals surface area contributed by atoms with Gasteiger partial charge in [-0.05, 0) is 34.4 Å². The molecular formula is C20H16O2. The van der Waals surface area contributed by atoms with Crippen LogP contribution in [0.1, 0.15) is 23.1 Å². The minimum Gasteiger partial charge on any atom is -0.512 e. The van der Waals surface area contributed by atoms with Crippen molar-refractivity contribution in [2.45, 2.75) is 12.8 Å². The summed E-state index contributed by atoms with van der Waals surface area (Å²) in [5.74, 6) is 0.558. The van der Waals surface area contributed by atoms with Gasteiger partial charge in [0.25, 0.3) is 0 Å². The van der Waals surface area contributed by atoms with E-state index in [1.807, 2.05) is 48.5 Å². The zero-order chi connectivity index (χ0) is 15.1. The summed E-state index contributed by atoms with van der Waals surface area (Å²) >= 11 is 0. The molecule has 3 aromatic rings. The summed E-state index contributed by atoms with van der Waals surface area (Å²) in [6.07, 6.45) is 1.44. The molecule has 0 heterocycles. The molecule has 2 nitrogen and oxygen atoms in total. The molecule has 0 bridgehead atoms. The summed E-state index contributed by atoms with van der Waals surface area (Å²) in [4.78, 5) is 0. The van der Waals surface area contributed by atoms with Gasteiger partial charge in [-0.1, -0.05) is 54.6 Å². The Balaban J connectivity index is 2.09. The molecule has 1 aliphatic carbocycles. The summed E-state index contributed by atoms with van der Waals surface area (Å²) in [6, 6.07) is 19.6. The van der Waals surface area contributed by atoms with E-state index >= 15 is 0 Å². The van der Waals surface area contributed by atoms with E-state index in [0.29, 0.717) is 12.2 Å². The molecule has 0 fully saturated rings. The average Bonchev–Trinajstić information content (AvgIpc) is 2.56. The number of phenols is 1. The number of phenolic OH excluding ortho intramolecular Hbond substituents is 1. The molecule has 0 aromatic heterocycles. The van der Waals surface area contributed by atoms with Crippen molar-refractivity contribution >= 4 is 16.3 Å². The minimum absolute atomic E-state index is 0.206. The number of aliphatic hydroxyl groups is 1. The van der Waals surface area contributed by atoms with Gasteiger partial charge in [-0.15, -0.1) is 0 Å². The second kappa shape index (κ2) is 4.92. The molecule has 2 N–H and O–H groups in total. The molecule has 0 amide bonds. The minimum atomic E-state index is 0.206. The van der Waals surface area contributed by atoms with E-state index in [9.17, 15) is 10.2 Å². The van der Waals surface area contributed by atoms with Crippen LogP contribution < -0.4 is 0 Å². The number of benzene rings is 3. The van der Waals surface area contributed by atoms with Gasteiger partial charge in [-0.2, -0.15) is 0 Å². The largest absolute Gasteiger partial charge is 0.512 e. The molecule has 0 atom stereocenters. The highest BCUT2D eigenvalue weighted by Crippen LogP contribution is 2.41. The molecule has 0 saturated heterocycles. The first kappa shape index (κ1) is 13.0. The van der Waals surface area contributed by atoms with Crippen molar-refractivity contribution < 1.29 is 10.2 Å². The van der Waals surface area contributed by atoms with Crippen LogP contribution in [0, 0.1) is 0 Å². The van der Waals surface area contributed by atoms with Crippen LogP contribution in [0.2, 0.25) is 0 Å². The number of aromatic hydroxyl groups is 1. The number of hydrogen-bond donors (Lipinski definition) is 2. The Morgan fingerprint density at radius 2 is 1.50 bits per heavy atom. The van der Waals surface area contributed by atoms with Gasteiger partial charge in [0, 0.05) is 17.6 Å². The molecular weight excluding hydrogens is 272 g/mol. The molecule has 22 heavy (non-hydrogen) atoms. The third-order valence-corrected chi connectivity index (χ3v) is 4.36. The second-order valence-electron chi connectivity index (χ2n) is 5.66. The molecule has 108 valence electrons. The highest BCUT2D eigenvalue weighted by Gasteiger charge is 2.23. The zero-order valence-electron chi connectivity index (χ0n) is 12.1. The van der Waals surface area contributed by atoms with E-state index in [1.54, 1.807) is 6.07 Å². The molecule has 0 radical (unpaired) electrons. The maximum atomic E-state index is 10.5. The summed E-state index contributed by atoms with van der Waals surface area (Å²) in [6.45, 7) is 0. The number of allylic oxidation sites excluding steroid dienone is 1. The molecule has 3 aromatic carbocycles. The highest BCUT2D eigenvalue weighted by atomic mass is 16.3. The van der Waals surface area contributed by atoms with Crippen LogP contribution in [0.25, 0.3) is 16.3 Å². The van der Waals surface area contributed by atoms with Gasteiger partial charge >= 0.3 is 0 Å². The number of hydrogen-bond acceptors (Lipinski definition) is 2. The Bertz CT molecular complexity index is 906. The molecule has 0 saturated carbocycles. The third-order valence-electron chi connectivity index (χ3n) is 4.36. The molecule has 0 spiro atoms. The van der Waals surface area contributed by atoms with E-state index in [2.05, 4.69) is 6.07 Å². The number of aryl methyl sites for hydroxylation is 1. The Labute approximate surface area is 129 Å². The lowest BCUT2D eigenvalue weighted by Gasteiger charge is -2.22. The lowest BCUT2D eigenvalue weighted by atomic mass is 9.83. The summed E-state index contributed by atoms with van der Waals surface area (Å²) in [5, 5.41) is 23.0. The fourth-order valence-electron chi connectivity index (χ4n) is 3.32. The van der Waals surface area contributed by atoms with Crippen molar-refractivity contribution in [1.82, 2.24) is 0 Å². The van der Waals surface area contributed by atoms with Gasteiger partial charge in [-0.3, -0.25) is 0 Å². The van der Waals surface area contributed by atoms with Crippen LogP contribution in [0.15, 0.2) is 66.4 Å². The first-order valence-corrected chi connectivity index (χ1v) is 7.47. The van der Waals surface area contributed by atoms with E-state index in [-0.39, 0.29) is 5.75 Å². The standard InChI is InChI=1S/C20H16O2/c21-17-11-9-13-5-1-3-7-15(13)19(17)20-16-8-4-2-6-14(16)10-12-18(20)22/h1-9,11,21-22H,10,12H2. The van der Waals surface area contributed by atoms with Gasteiger partial charge in [0.15, 0.2) is 0 Å². The average molecular weight is 288 g/mol. The van der Waals surface area contributed by atoms with Gasteiger partial charge in [0.2, 0.25) is 0 Å². The van der Waals surface area contributed by atoms with Crippen LogP contribution in [0.5, 0.6) is 5.75 Å². The monoisotopic (exact) mass is 288 g/mol. The van der Waals surface area contributed by atoms with Crippen molar-refractivity contribution in [1.29, 1.82) is 0 Å². The summed E-state index contributed by atoms with van der Waals surface area (Å²) in [5.41, 5.74) is 3.71. The first-order chi connectivity index (χ1) is 10.8. The summed E-state index contributed by atoms with van der Waals surface area (Å²) in [7, 11) is 0. The maximum absolute atomic E-state index is 10.5. The van der Waals surface area contributed by atoms with Crippen LogP contribution in [-0.2, 0) is 6.42 Å². The number of rotatable bonds is 1. The maximum Gasteiger partial charge on any atom is 0.124 e. The smallest absolute Gasteiger partial charge is 0.124 e. The van der Waals surface area contributed by atoms with Crippen LogP contribution in [0.3, 0.4) is 0 Å². The molecule has 4 rings (SSSR count). The van der Waals surface area contributed by atoms with Crippen molar-refractivity contribution in [3.8, 4) is 5.75 Å². The van der Waals surface area contributed by atoms with Crippen molar-refractivity contribution in [3.63, 3.8) is 0 Å². The van der Waals surface area contributed by atoms with E-state index < -0.39 is 0 Å². The fourth-order valence-corrected chi connectivity index (χ4v) is 3.32. The van der Waals surface area contributed by atoms with Gasteiger partial charge in [0.05, 0.1) is 0 Å². The normalized spacial score (nSPS) is 14.2. The van der Waals surface area contributed by atoms with Crippen LogP contribution in [0.4, 0.5) is 0 Å². The third kappa shape index (κ3) is 1.88. The quantitative estimate of drug-likeness (QED) is 0.674. The molecule has 0 unspecified atom stereocenters. The van der Waals surface area contributed by atoms with Gasteiger partial charge < -0.3 is 10.2 Å². The SMILES string of the molecule is OC1=C(c2c(O)ccc3ccccc23)c2ccccc2CC1. The lowest BCUT2D eigenvalue weighted by molar-refractivity contribution is 0.388. The van der Waals surface area contributed by atoms with Crippen molar-refractivity contribution in [3.05, 3.63) is 83.1 Å². The topological polar surface area (TPSA) is 40.5 Å². The van der Waals surface area contributed by atoms with Crippen molar-refractivity contribution in [2.75, 3.05) is 0 Å². The fraction of sp³-hybridized carbons (Fsp3) is 0.100. The van der Waals surface area contributed by atoms with Crippen molar-refractivity contribution in [2.24, 2.45) is 0 Å². The Morgan fingerprint density at radius 1 is 0.727 bits per heavy atom. The first-order valence-electron chi connectivity index (χ1n) is 7.47. The lowest BCUT2D eigenvalue weighted by Crippen LogP contribution is -2.06. The van der Waals surface area contributed by atoms with E-state index in [0.717, 1.165) is 33.9 Å². The molecule has 0 aliphatic heterocycles. The summed E-state index contributed by atoms with van der Waals surface area (Å²) < 4.78 is 0. The molecule has 1 aliphatic rings. The predicted molar refractivity (Wildman–Crippen MR) is 89.0 cm³/mol. The van der Waals surface area contributed by atoms with Crippen LogP contribution in [-0.4, -0.2) is 10.2 Å². The Hall–Kier alpha value is -2.74. The zero-order valence-corrected chi connectivity index (χ0v) is 12.1. The Kier molecular flexibility index (Phi) is 2.90. The molecule has 2 heteroatoms. The highest BCUT2D eigenvalue weighted by molar-refractivity contribution is 6.01. The van der Waals surface area contributed by atoms with E-state index in [1.165, 1.54) is 5.56 Å².